The number of piperidine rings is 2. The Balaban J connectivity index is 0. The van der Waals surface area contributed by atoms with Gasteiger partial charge in [0.15, 0.2) is 0 Å². The molecule has 48 heavy (non-hydrogen) atoms. The molecule has 11 nitrogen and oxygen atoms in total. The summed E-state index contributed by atoms with van der Waals surface area (Å²) < 4.78 is 10.1. The predicted molar refractivity (Wildman–Crippen MR) is 193 cm³/mol. The van der Waals surface area contributed by atoms with E-state index in [1.165, 1.54) is 0 Å². The molecular weight excluding hydrogens is 612 g/mol. The number of likely N-dealkylation sites (tertiary alicyclic amines) is 1. The Hall–Kier alpha value is -4.12. The second-order valence-corrected chi connectivity index (χ2v) is 11.0. The fraction of sp³-hybridized carbons (Fsp3) is 0.568. The van der Waals surface area contributed by atoms with E-state index in [9.17, 15) is 19.2 Å². The largest absolute Gasteiger partial charge is 0.497 e. The second kappa shape index (κ2) is 25.9. The predicted octanol–water partition coefficient (Wildman–Crippen LogP) is 4.97. The third-order valence-electron chi connectivity index (χ3n) is 7.49. The molecule has 2 aromatic carbocycles. The molecule has 2 aliphatic rings. The standard InChI is InChI=1S/C17H24N2O3.C9H10O3.C8H16N2O.3CH4/c1-3-18-17(21)14-7-5-9-19(12-14)16(20)11-13-6-4-8-15(10-13)22-2;1-12-8-4-2-3-7(5-8)6-9(10)11;1-2-10-8(11)7-4-3-5-9-6-7;;;/h4,6,8,10,14H,3,5,7,9,11-12H2,1-2H3,(H,18,21);2-5H,6H2,1H3,(H,10,11);7,9H,2-6H2,1H3,(H,10,11);3*1H4. The third kappa shape index (κ3) is 17.2. The molecule has 2 saturated heterocycles. The van der Waals surface area contributed by atoms with Gasteiger partial charge in [-0.25, -0.2) is 0 Å². The van der Waals surface area contributed by atoms with Crippen LogP contribution in [0.2, 0.25) is 0 Å². The maximum absolute atomic E-state index is 12.4. The highest BCUT2D eigenvalue weighted by Gasteiger charge is 2.28. The van der Waals surface area contributed by atoms with E-state index in [2.05, 4.69) is 16.0 Å². The highest BCUT2D eigenvalue weighted by Crippen LogP contribution is 2.19. The highest BCUT2D eigenvalue weighted by molar-refractivity contribution is 5.82. The molecular formula is C37H62N4O7. The van der Waals surface area contributed by atoms with Gasteiger partial charge >= 0.3 is 5.97 Å². The zero-order valence-corrected chi connectivity index (χ0v) is 27.1. The number of nitrogens with one attached hydrogen (secondary N) is 3. The van der Waals surface area contributed by atoms with E-state index < -0.39 is 5.97 Å². The minimum absolute atomic E-state index is 0. The minimum atomic E-state index is -0.830. The van der Waals surface area contributed by atoms with Crippen LogP contribution in [0.15, 0.2) is 48.5 Å². The number of carboxylic acids is 1. The molecule has 2 unspecified atom stereocenters. The van der Waals surface area contributed by atoms with Crippen LogP contribution in [0.25, 0.3) is 0 Å². The summed E-state index contributed by atoms with van der Waals surface area (Å²) in [5.74, 6) is 1.08. The van der Waals surface area contributed by atoms with Crippen LogP contribution in [0.3, 0.4) is 0 Å². The van der Waals surface area contributed by atoms with Gasteiger partial charge in [-0.3, -0.25) is 19.2 Å². The Bertz CT molecular complexity index is 1220. The van der Waals surface area contributed by atoms with E-state index in [4.69, 9.17) is 14.6 Å². The highest BCUT2D eigenvalue weighted by atomic mass is 16.5. The Labute approximate surface area is 289 Å². The number of hydrogen-bond acceptors (Lipinski definition) is 7. The number of rotatable bonds is 10. The molecule has 2 aliphatic heterocycles. The van der Waals surface area contributed by atoms with E-state index in [-0.39, 0.29) is 58.3 Å². The monoisotopic (exact) mass is 674 g/mol. The normalized spacial score (nSPS) is 16.2. The summed E-state index contributed by atoms with van der Waals surface area (Å²) >= 11 is 0. The summed E-state index contributed by atoms with van der Waals surface area (Å²) in [6.45, 7) is 8.41. The van der Waals surface area contributed by atoms with E-state index in [0.29, 0.717) is 25.3 Å². The number of carbonyl (C=O) groups excluding carboxylic acids is 3. The number of hydrogen-bond donors (Lipinski definition) is 4. The molecule has 0 aromatic heterocycles. The maximum atomic E-state index is 12.4. The second-order valence-electron chi connectivity index (χ2n) is 11.0. The molecule has 2 fully saturated rings. The molecule has 0 spiro atoms. The average molecular weight is 675 g/mol. The summed E-state index contributed by atoms with van der Waals surface area (Å²) in [5, 5.41) is 17.4. The maximum Gasteiger partial charge on any atom is 0.307 e. The number of amides is 3. The molecule has 4 N–H and O–H groups in total. The molecule has 2 atom stereocenters. The lowest BCUT2D eigenvalue weighted by molar-refractivity contribution is -0.137. The van der Waals surface area contributed by atoms with Crippen molar-refractivity contribution in [2.75, 3.05) is 53.5 Å². The van der Waals surface area contributed by atoms with Crippen molar-refractivity contribution >= 4 is 23.7 Å². The smallest absolute Gasteiger partial charge is 0.307 e. The van der Waals surface area contributed by atoms with Gasteiger partial charge in [-0.1, -0.05) is 46.5 Å². The van der Waals surface area contributed by atoms with Gasteiger partial charge in [0, 0.05) is 32.7 Å². The number of carboxylic acid groups (broad SMARTS) is 1. The van der Waals surface area contributed by atoms with E-state index in [1.54, 1.807) is 38.5 Å². The Morgan fingerprint density at radius 1 is 0.812 bits per heavy atom. The van der Waals surface area contributed by atoms with Gasteiger partial charge in [-0.2, -0.15) is 0 Å². The van der Waals surface area contributed by atoms with Gasteiger partial charge in [0.25, 0.3) is 0 Å². The molecule has 272 valence electrons. The van der Waals surface area contributed by atoms with Crippen LogP contribution in [0.1, 0.15) is 72.9 Å². The van der Waals surface area contributed by atoms with Crippen molar-refractivity contribution in [3.63, 3.8) is 0 Å². The number of methoxy groups -OCH3 is 2. The summed E-state index contributed by atoms with van der Waals surface area (Å²) in [6, 6.07) is 14.6. The van der Waals surface area contributed by atoms with Gasteiger partial charge in [0.2, 0.25) is 17.7 Å². The van der Waals surface area contributed by atoms with E-state index >= 15 is 0 Å². The van der Waals surface area contributed by atoms with Crippen molar-refractivity contribution in [3.8, 4) is 11.5 Å². The third-order valence-corrected chi connectivity index (χ3v) is 7.49. The minimum Gasteiger partial charge on any atom is -0.497 e. The molecule has 0 aliphatic carbocycles. The van der Waals surface area contributed by atoms with Crippen molar-refractivity contribution < 1.29 is 33.8 Å². The van der Waals surface area contributed by atoms with Crippen LogP contribution in [0.4, 0.5) is 0 Å². The van der Waals surface area contributed by atoms with E-state index in [0.717, 1.165) is 68.7 Å². The molecule has 11 heteroatoms. The fourth-order valence-corrected chi connectivity index (χ4v) is 5.16. The fourth-order valence-electron chi connectivity index (χ4n) is 5.16. The van der Waals surface area contributed by atoms with Crippen molar-refractivity contribution in [2.45, 2.75) is 74.7 Å². The SMILES string of the molecule is C.C.C.CCNC(=O)C1CCCN(C(=O)Cc2cccc(OC)c2)C1.CCNC(=O)C1CCCNC1.COc1cccc(CC(=O)O)c1. The average Bonchev–Trinajstić information content (AvgIpc) is 3.06. The van der Waals surface area contributed by atoms with Crippen LogP contribution < -0.4 is 25.4 Å². The quantitative estimate of drug-likeness (QED) is 0.277. The number of ether oxygens (including phenoxy) is 2. The first-order chi connectivity index (χ1) is 21.7. The first-order valence-corrected chi connectivity index (χ1v) is 15.7. The Morgan fingerprint density at radius 3 is 1.81 bits per heavy atom. The zero-order valence-electron chi connectivity index (χ0n) is 27.1. The van der Waals surface area contributed by atoms with Gasteiger partial charge < -0.3 is 35.4 Å². The number of aliphatic carboxylic acids is 1. The molecule has 0 bridgehead atoms. The summed E-state index contributed by atoms with van der Waals surface area (Å²) in [7, 11) is 3.17. The molecule has 0 radical (unpaired) electrons. The van der Waals surface area contributed by atoms with Gasteiger partial charge in [0.05, 0.1) is 38.9 Å². The van der Waals surface area contributed by atoms with E-state index in [1.807, 2.05) is 43.0 Å². The summed E-state index contributed by atoms with van der Waals surface area (Å²) in [5.41, 5.74) is 1.69. The van der Waals surface area contributed by atoms with Crippen molar-refractivity contribution in [3.05, 3.63) is 59.7 Å². The molecule has 2 aromatic rings. The van der Waals surface area contributed by atoms with Gasteiger partial charge in [-0.05, 0) is 81.5 Å². The zero-order chi connectivity index (χ0) is 33.0. The van der Waals surface area contributed by atoms with Crippen molar-refractivity contribution in [2.24, 2.45) is 11.8 Å². The Kier molecular flexibility index (Phi) is 24.8. The number of carbonyl (C=O) groups is 4. The molecule has 3 amide bonds. The lowest BCUT2D eigenvalue weighted by Crippen LogP contribution is -2.45. The van der Waals surface area contributed by atoms with Crippen molar-refractivity contribution in [1.29, 1.82) is 0 Å². The summed E-state index contributed by atoms with van der Waals surface area (Å²) in [6.07, 6.45) is 4.29. The van der Waals surface area contributed by atoms with Crippen LogP contribution in [-0.4, -0.2) is 87.2 Å². The lowest BCUT2D eigenvalue weighted by atomic mass is 9.96. The first-order valence-electron chi connectivity index (χ1n) is 15.7. The first kappa shape index (κ1) is 46.0. The van der Waals surface area contributed by atoms with Crippen LogP contribution >= 0.6 is 0 Å². The molecule has 2 heterocycles. The van der Waals surface area contributed by atoms with Gasteiger partial charge in [0.1, 0.15) is 11.5 Å². The summed E-state index contributed by atoms with van der Waals surface area (Å²) in [4.78, 5) is 47.8. The topological polar surface area (TPSA) is 146 Å². The lowest BCUT2D eigenvalue weighted by Gasteiger charge is -2.32. The number of benzene rings is 2. The molecule has 4 rings (SSSR count). The van der Waals surface area contributed by atoms with Crippen LogP contribution in [-0.2, 0) is 32.0 Å². The van der Waals surface area contributed by atoms with Crippen LogP contribution in [0.5, 0.6) is 11.5 Å². The number of nitrogens with zero attached hydrogens (tertiary/aromatic N) is 1. The Morgan fingerprint density at radius 2 is 1.33 bits per heavy atom. The van der Waals surface area contributed by atoms with Crippen molar-refractivity contribution in [1.82, 2.24) is 20.9 Å². The molecule has 0 saturated carbocycles. The van der Waals surface area contributed by atoms with Gasteiger partial charge in [-0.15, -0.1) is 0 Å². The van der Waals surface area contributed by atoms with Crippen LogP contribution in [0, 0.1) is 11.8 Å².